The number of hydrogen-bond acceptors (Lipinski definition) is 3. The molecule has 0 bridgehead atoms. The Kier molecular flexibility index (Phi) is 4.09. The molecular weight excluding hydrogens is 366 g/mol. The number of aryl methyl sites for hydroxylation is 1. The summed E-state index contributed by atoms with van der Waals surface area (Å²) in [5.74, 6) is -0.0946. The monoisotopic (exact) mass is 381 g/mol. The largest absolute Gasteiger partial charge is 0.289 e. The lowest BCUT2D eigenvalue weighted by molar-refractivity contribution is 0.103. The Balaban J connectivity index is 1.97. The zero-order valence-electron chi connectivity index (χ0n) is 13.9. The van der Waals surface area contributed by atoms with Gasteiger partial charge in [-0.2, -0.15) is 8.42 Å². The van der Waals surface area contributed by atoms with Gasteiger partial charge in [-0.3, -0.25) is 4.79 Å². The molecular formula is C20H15NO3S2. The van der Waals surface area contributed by atoms with Gasteiger partial charge in [0.05, 0.1) is 4.90 Å². The van der Waals surface area contributed by atoms with Gasteiger partial charge in [0.1, 0.15) is 0 Å². The van der Waals surface area contributed by atoms with Crippen molar-refractivity contribution in [1.82, 2.24) is 0 Å². The lowest BCUT2D eigenvalue weighted by Crippen LogP contribution is -2.16. The van der Waals surface area contributed by atoms with E-state index in [2.05, 4.69) is 3.77 Å². The van der Waals surface area contributed by atoms with Crippen LogP contribution < -0.4 is 0 Å². The molecule has 0 aliphatic carbocycles. The van der Waals surface area contributed by atoms with Gasteiger partial charge in [0.2, 0.25) is 0 Å². The summed E-state index contributed by atoms with van der Waals surface area (Å²) in [6.07, 6.45) is 0. The Labute approximate surface area is 154 Å². The normalized spacial score (nSPS) is 13.8. The average Bonchev–Trinajstić information content (AvgIpc) is 2.65. The molecule has 0 unspecified atom stereocenters. The molecule has 26 heavy (non-hydrogen) atoms. The van der Waals surface area contributed by atoms with E-state index in [9.17, 15) is 13.2 Å². The molecule has 0 atom stereocenters. The maximum absolute atomic E-state index is 12.9. The van der Waals surface area contributed by atoms with E-state index in [1.165, 1.54) is 0 Å². The summed E-state index contributed by atoms with van der Waals surface area (Å²) in [6.45, 7) is 1.90. The van der Waals surface area contributed by atoms with E-state index >= 15 is 0 Å². The van der Waals surface area contributed by atoms with Gasteiger partial charge in [-0.1, -0.05) is 42.0 Å². The zero-order valence-corrected chi connectivity index (χ0v) is 15.5. The predicted molar refractivity (Wildman–Crippen MR) is 101 cm³/mol. The fourth-order valence-corrected chi connectivity index (χ4v) is 6.48. The third-order valence-corrected chi connectivity index (χ3v) is 7.97. The second-order valence-electron chi connectivity index (χ2n) is 5.97. The molecule has 4 rings (SSSR count). The molecule has 0 radical (unpaired) electrons. The molecule has 6 heteroatoms. The summed E-state index contributed by atoms with van der Waals surface area (Å²) in [5, 5.41) is 0. The highest BCUT2D eigenvalue weighted by Gasteiger charge is 2.28. The van der Waals surface area contributed by atoms with Gasteiger partial charge in [0.25, 0.3) is 10.0 Å². The van der Waals surface area contributed by atoms with Crippen LogP contribution >= 0.6 is 0 Å². The molecule has 0 saturated carbocycles. The van der Waals surface area contributed by atoms with Crippen molar-refractivity contribution in [2.75, 3.05) is 0 Å². The molecule has 1 aliphatic rings. The van der Waals surface area contributed by atoms with Crippen molar-refractivity contribution in [2.24, 2.45) is 3.77 Å². The first-order chi connectivity index (χ1) is 12.5. The summed E-state index contributed by atoms with van der Waals surface area (Å²) >= 11 is 0. The van der Waals surface area contributed by atoms with Crippen LogP contribution in [0.1, 0.15) is 21.5 Å². The molecule has 3 aromatic carbocycles. The van der Waals surface area contributed by atoms with E-state index in [0.29, 0.717) is 20.9 Å². The third-order valence-electron chi connectivity index (χ3n) is 4.17. The van der Waals surface area contributed by atoms with Crippen molar-refractivity contribution < 1.29 is 13.2 Å². The van der Waals surface area contributed by atoms with Gasteiger partial charge >= 0.3 is 0 Å². The molecule has 1 aliphatic heterocycles. The summed E-state index contributed by atoms with van der Waals surface area (Å²) in [4.78, 5) is 14.2. The molecule has 130 valence electrons. The molecule has 0 fully saturated rings. The van der Waals surface area contributed by atoms with Crippen molar-refractivity contribution in [3.8, 4) is 0 Å². The summed E-state index contributed by atoms with van der Waals surface area (Å²) in [7, 11) is -4.93. The van der Waals surface area contributed by atoms with Crippen molar-refractivity contribution in [3.05, 3.63) is 89.5 Å². The minimum absolute atomic E-state index is 0.0946. The number of fused-ring (bicyclic) bond motifs is 2. The Morgan fingerprint density at radius 1 is 0.769 bits per heavy atom. The Morgan fingerprint density at radius 3 is 1.81 bits per heavy atom. The first-order valence-electron chi connectivity index (χ1n) is 7.99. The van der Waals surface area contributed by atoms with Crippen molar-refractivity contribution in [2.45, 2.75) is 21.6 Å². The van der Waals surface area contributed by atoms with Crippen LogP contribution in [-0.2, 0) is 20.7 Å². The first kappa shape index (κ1) is 16.9. The van der Waals surface area contributed by atoms with Gasteiger partial charge in [-0.25, -0.2) is 0 Å². The predicted octanol–water partition coefficient (Wildman–Crippen LogP) is 4.15. The van der Waals surface area contributed by atoms with E-state index < -0.39 is 20.7 Å². The quantitative estimate of drug-likeness (QED) is 0.524. The van der Waals surface area contributed by atoms with Gasteiger partial charge in [0.15, 0.2) is 5.78 Å². The highest BCUT2D eigenvalue weighted by Crippen LogP contribution is 2.34. The standard InChI is InChI=1S/C20H15NO3S2/c1-14-10-12-15(13-11-14)26(23,24)21-25-18-8-4-2-6-16(18)20(22)17-7-3-5-9-19(17)25/h2-13H,1H3. The molecule has 0 aromatic heterocycles. The molecule has 4 nitrogen and oxygen atoms in total. The number of rotatable bonds is 2. The molecule has 0 spiro atoms. The second kappa shape index (κ2) is 6.30. The van der Waals surface area contributed by atoms with E-state index in [1.54, 1.807) is 72.8 Å². The fourth-order valence-electron chi connectivity index (χ4n) is 2.84. The Bertz CT molecular complexity index is 1110. The minimum atomic E-state index is -3.85. The second-order valence-corrected chi connectivity index (χ2v) is 9.44. The number of hydrogen-bond donors (Lipinski definition) is 0. The minimum Gasteiger partial charge on any atom is -0.289 e. The van der Waals surface area contributed by atoms with Gasteiger partial charge in [-0.15, -0.1) is 3.77 Å². The lowest BCUT2D eigenvalue weighted by atomic mass is 10.0. The van der Waals surface area contributed by atoms with Crippen LogP contribution in [0.3, 0.4) is 0 Å². The van der Waals surface area contributed by atoms with Crippen LogP contribution in [0.2, 0.25) is 0 Å². The summed E-state index contributed by atoms with van der Waals surface area (Å²) in [6, 6.07) is 20.8. The molecule has 0 N–H and O–H groups in total. The topological polar surface area (TPSA) is 63.6 Å². The average molecular weight is 381 g/mol. The number of benzene rings is 3. The number of nitrogens with zero attached hydrogens (tertiary/aromatic N) is 1. The highest BCUT2D eigenvalue weighted by molar-refractivity contribution is 8.00. The van der Waals surface area contributed by atoms with Crippen molar-refractivity contribution in [3.63, 3.8) is 0 Å². The van der Waals surface area contributed by atoms with Crippen LogP contribution in [0.4, 0.5) is 0 Å². The molecule has 3 aromatic rings. The number of carbonyl (C=O) groups excluding carboxylic acids is 1. The van der Waals surface area contributed by atoms with Gasteiger partial charge in [-0.05, 0) is 54.0 Å². The van der Waals surface area contributed by atoms with Gasteiger partial charge < -0.3 is 0 Å². The lowest BCUT2D eigenvalue weighted by Gasteiger charge is -2.20. The number of carbonyl (C=O) groups is 1. The van der Waals surface area contributed by atoms with Crippen LogP contribution in [0.5, 0.6) is 0 Å². The van der Waals surface area contributed by atoms with Crippen LogP contribution in [0.25, 0.3) is 0 Å². The summed E-state index contributed by atoms with van der Waals surface area (Å²) < 4.78 is 30.0. The molecule has 0 saturated heterocycles. The number of sulfonamides is 1. The van der Waals surface area contributed by atoms with E-state index in [1.807, 2.05) is 6.92 Å². The Hall–Kier alpha value is -2.57. The van der Waals surface area contributed by atoms with Crippen LogP contribution in [0.15, 0.2) is 91.3 Å². The summed E-state index contributed by atoms with van der Waals surface area (Å²) in [5.41, 5.74) is 2.00. The van der Waals surface area contributed by atoms with Crippen molar-refractivity contribution in [1.29, 1.82) is 0 Å². The van der Waals surface area contributed by atoms with Crippen molar-refractivity contribution >= 4 is 26.5 Å². The maximum atomic E-state index is 12.9. The maximum Gasteiger partial charge on any atom is 0.288 e. The zero-order chi connectivity index (χ0) is 18.3. The highest BCUT2D eigenvalue weighted by atomic mass is 32.3. The SMILES string of the molecule is Cc1ccc(S(=O)(=O)N=S2c3ccccc3C(=O)c3ccccc32)cc1. The van der Waals surface area contributed by atoms with E-state index in [4.69, 9.17) is 0 Å². The number of ketones is 1. The van der Waals surface area contributed by atoms with Crippen LogP contribution in [-0.4, -0.2) is 14.2 Å². The van der Waals surface area contributed by atoms with Crippen LogP contribution in [0, 0.1) is 6.92 Å². The van der Waals surface area contributed by atoms with Gasteiger partial charge in [0, 0.05) is 20.9 Å². The van der Waals surface area contributed by atoms with E-state index in [-0.39, 0.29) is 10.7 Å². The Morgan fingerprint density at radius 2 is 1.27 bits per heavy atom. The van der Waals surface area contributed by atoms with E-state index in [0.717, 1.165) is 5.56 Å². The first-order valence-corrected chi connectivity index (χ1v) is 10.6. The molecule has 0 amide bonds. The molecule has 1 heterocycles. The smallest absolute Gasteiger partial charge is 0.288 e. The third kappa shape index (κ3) is 2.81. The fraction of sp³-hybridized carbons (Fsp3) is 0.0500.